The summed E-state index contributed by atoms with van der Waals surface area (Å²) in [4.78, 5) is 13.1. The largest absolute Gasteiger partial charge is 0.494 e. The second-order valence-corrected chi connectivity index (χ2v) is 9.14. The van der Waals surface area contributed by atoms with Gasteiger partial charge in [0, 0.05) is 29.4 Å². The predicted molar refractivity (Wildman–Crippen MR) is 128 cm³/mol. The van der Waals surface area contributed by atoms with Crippen molar-refractivity contribution in [1.29, 1.82) is 0 Å². The van der Waals surface area contributed by atoms with E-state index in [4.69, 9.17) is 11.6 Å². The lowest BCUT2D eigenvalue weighted by atomic mass is 10.1. The van der Waals surface area contributed by atoms with Crippen LogP contribution in [0.3, 0.4) is 0 Å². The fraction of sp³-hybridized carbons (Fsp3) is 0.0833. The van der Waals surface area contributed by atoms with Gasteiger partial charge in [-0.25, -0.2) is 0 Å². The molecule has 32 heavy (non-hydrogen) atoms. The number of fused-ring (bicyclic) bond motifs is 1. The first-order valence-corrected chi connectivity index (χ1v) is 11.2. The Hall–Kier alpha value is -3.55. The summed E-state index contributed by atoms with van der Waals surface area (Å²) in [5, 5.41) is 19.5. The SMILES string of the molecule is O=C(Nc1cccc2c(O)n(Cc3cccc(Cn4cccn4)c3)cc12)c1ccc(Cl)s1. The van der Waals surface area contributed by atoms with Crippen molar-refractivity contribution in [3.05, 3.63) is 99.6 Å². The summed E-state index contributed by atoms with van der Waals surface area (Å²) in [5.74, 6) is -0.0688. The number of nitrogens with one attached hydrogen (secondary N) is 1. The first kappa shape index (κ1) is 20.4. The highest BCUT2D eigenvalue weighted by Gasteiger charge is 2.15. The zero-order chi connectivity index (χ0) is 22.1. The molecule has 2 N–H and O–H groups in total. The number of aromatic hydroxyl groups is 1. The Kier molecular flexibility index (Phi) is 5.43. The molecule has 0 aliphatic heterocycles. The van der Waals surface area contributed by atoms with Gasteiger partial charge >= 0.3 is 0 Å². The summed E-state index contributed by atoms with van der Waals surface area (Å²) in [6.07, 6.45) is 5.55. The molecule has 2 aromatic carbocycles. The van der Waals surface area contributed by atoms with Crippen molar-refractivity contribution in [2.45, 2.75) is 13.1 Å². The molecule has 0 fully saturated rings. The number of aromatic nitrogens is 3. The summed E-state index contributed by atoms with van der Waals surface area (Å²) in [5.41, 5.74) is 2.83. The van der Waals surface area contributed by atoms with Crippen LogP contribution in [0.1, 0.15) is 20.8 Å². The average molecular weight is 463 g/mol. The lowest BCUT2D eigenvalue weighted by Crippen LogP contribution is -2.10. The number of hydrogen-bond donors (Lipinski definition) is 2. The Balaban J connectivity index is 1.41. The summed E-state index contributed by atoms with van der Waals surface area (Å²) in [7, 11) is 0. The van der Waals surface area contributed by atoms with Crippen LogP contribution in [0.5, 0.6) is 5.88 Å². The van der Waals surface area contributed by atoms with E-state index in [1.165, 1.54) is 11.3 Å². The lowest BCUT2D eigenvalue weighted by molar-refractivity contribution is 0.103. The number of carbonyl (C=O) groups is 1. The third-order valence-corrected chi connectivity index (χ3v) is 6.43. The minimum atomic E-state index is -0.229. The Morgan fingerprint density at radius 1 is 1.03 bits per heavy atom. The number of anilines is 1. The molecule has 0 radical (unpaired) electrons. The Bertz CT molecular complexity index is 1400. The van der Waals surface area contributed by atoms with Gasteiger partial charge in [-0.05, 0) is 41.5 Å². The number of hydrogen-bond acceptors (Lipinski definition) is 4. The molecular formula is C24H19ClN4O2S. The van der Waals surface area contributed by atoms with Gasteiger partial charge in [-0.1, -0.05) is 41.9 Å². The normalized spacial score (nSPS) is 11.2. The molecule has 3 heterocycles. The Morgan fingerprint density at radius 2 is 1.84 bits per heavy atom. The van der Waals surface area contributed by atoms with E-state index in [2.05, 4.69) is 22.5 Å². The summed E-state index contributed by atoms with van der Waals surface area (Å²) >= 11 is 7.18. The molecule has 0 unspecified atom stereocenters. The van der Waals surface area contributed by atoms with E-state index in [1.807, 2.05) is 53.5 Å². The first-order chi connectivity index (χ1) is 15.6. The van der Waals surface area contributed by atoms with Crippen LogP contribution in [-0.2, 0) is 13.1 Å². The van der Waals surface area contributed by atoms with Gasteiger partial charge in [0.05, 0.1) is 28.0 Å². The molecule has 0 saturated carbocycles. The van der Waals surface area contributed by atoms with Gasteiger partial charge in [-0.15, -0.1) is 11.3 Å². The molecule has 0 aliphatic carbocycles. The number of carbonyl (C=O) groups excluding carboxylic acids is 1. The van der Waals surface area contributed by atoms with E-state index < -0.39 is 0 Å². The zero-order valence-corrected chi connectivity index (χ0v) is 18.5. The molecule has 5 rings (SSSR count). The van der Waals surface area contributed by atoms with Crippen LogP contribution in [-0.4, -0.2) is 25.4 Å². The quantitative estimate of drug-likeness (QED) is 0.344. The number of rotatable bonds is 6. The highest BCUT2D eigenvalue weighted by atomic mass is 35.5. The van der Waals surface area contributed by atoms with Gasteiger partial charge in [0.1, 0.15) is 0 Å². The second-order valence-electron chi connectivity index (χ2n) is 7.43. The molecule has 0 atom stereocenters. The molecule has 0 aliphatic rings. The maximum atomic E-state index is 12.6. The van der Waals surface area contributed by atoms with Crippen molar-refractivity contribution in [3.8, 4) is 5.88 Å². The predicted octanol–water partition coefficient (Wildman–Crippen LogP) is 5.61. The lowest BCUT2D eigenvalue weighted by Gasteiger charge is -2.08. The molecule has 1 amide bonds. The van der Waals surface area contributed by atoms with E-state index in [0.717, 1.165) is 16.5 Å². The van der Waals surface area contributed by atoms with Gasteiger partial charge in [0.25, 0.3) is 5.91 Å². The van der Waals surface area contributed by atoms with Crippen molar-refractivity contribution in [2.75, 3.05) is 5.32 Å². The number of nitrogens with zero attached hydrogens (tertiary/aromatic N) is 3. The van der Waals surface area contributed by atoms with Gasteiger partial charge in [-0.3, -0.25) is 9.48 Å². The molecule has 8 heteroatoms. The average Bonchev–Trinajstić information content (AvgIpc) is 3.51. The van der Waals surface area contributed by atoms with Crippen LogP contribution in [0.4, 0.5) is 5.69 Å². The molecule has 5 aromatic rings. The minimum absolute atomic E-state index is 0.160. The summed E-state index contributed by atoms with van der Waals surface area (Å²) in [6, 6.07) is 19.0. The van der Waals surface area contributed by atoms with Gasteiger partial charge in [0.15, 0.2) is 5.88 Å². The molecule has 3 aromatic heterocycles. The molecule has 0 bridgehead atoms. The molecular weight excluding hydrogens is 444 g/mol. The number of benzene rings is 2. The maximum absolute atomic E-state index is 12.6. The minimum Gasteiger partial charge on any atom is -0.494 e. The maximum Gasteiger partial charge on any atom is 0.265 e. The zero-order valence-electron chi connectivity index (χ0n) is 16.9. The van der Waals surface area contributed by atoms with Crippen molar-refractivity contribution in [1.82, 2.24) is 14.3 Å². The van der Waals surface area contributed by atoms with Gasteiger partial charge in [0.2, 0.25) is 0 Å². The second kappa shape index (κ2) is 8.53. The standard InChI is InChI=1S/C24H19ClN4O2S/c25-22-9-8-21(32-22)23(30)27-20-7-2-6-18-19(20)15-28(24(18)31)13-16-4-1-5-17(12-16)14-29-11-3-10-26-29/h1-12,15,31H,13-14H2,(H,27,30). The fourth-order valence-electron chi connectivity index (χ4n) is 3.72. The van der Waals surface area contributed by atoms with E-state index >= 15 is 0 Å². The Morgan fingerprint density at radius 3 is 2.59 bits per heavy atom. The molecule has 160 valence electrons. The monoisotopic (exact) mass is 462 g/mol. The Labute approximate surface area is 193 Å². The summed E-state index contributed by atoms with van der Waals surface area (Å²) in [6.45, 7) is 1.19. The third-order valence-electron chi connectivity index (χ3n) is 5.20. The number of halogens is 1. The fourth-order valence-corrected chi connectivity index (χ4v) is 4.66. The van der Waals surface area contributed by atoms with E-state index in [9.17, 15) is 9.90 Å². The third kappa shape index (κ3) is 4.12. The van der Waals surface area contributed by atoms with Gasteiger partial charge < -0.3 is 15.0 Å². The molecule has 0 saturated heterocycles. The van der Waals surface area contributed by atoms with E-state index in [1.54, 1.807) is 22.9 Å². The van der Waals surface area contributed by atoms with E-state index in [0.29, 0.717) is 33.4 Å². The molecule has 0 spiro atoms. The van der Waals surface area contributed by atoms with Crippen LogP contribution >= 0.6 is 22.9 Å². The van der Waals surface area contributed by atoms with Crippen molar-refractivity contribution in [3.63, 3.8) is 0 Å². The molecule has 6 nitrogen and oxygen atoms in total. The van der Waals surface area contributed by atoms with Crippen molar-refractivity contribution in [2.24, 2.45) is 0 Å². The van der Waals surface area contributed by atoms with Crippen LogP contribution in [0, 0.1) is 0 Å². The number of thiophene rings is 1. The van der Waals surface area contributed by atoms with Gasteiger partial charge in [-0.2, -0.15) is 5.10 Å². The highest BCUT2D eigenvalue weighted by molar-refractivity contribution is 7.18. The smallest absolute Gasteiger partial charge is 0.265 e. The van der Waals surface area contributed by atoms with Crippen LogP contribution < -0.4 is 5.32 Å². The summed E-state index contributed by atoms with van der Waals surface area (Å²) < 4.78 is 4.22. The van der Waals surface area contributed by atoms with E-state index in [-0.39, 0.29) is 11.8 Å². The highest BCUT2D eigenvalue weighted by Crippen LogP contribution is 2.33. The van der Waals surface area contributed by atoms with Crippen molar-refractivity contribution >= 4 is 45.3 Å². The first-order valence-electron chi connectivity index (χ1n) is 9.99. The van der Waals surface area contributed by atoms with Crippen LogP contribution in [0.2, 0.25) is 4.34 Å². The van der Waals surface area contributed by atoms with Crippen molar-refractivity contribution < 1.29 is 9.90 Å². The topological polar surface area (TPSA) is 72.1 Å². The van der Waals surface area contributed by atoms with Crippen LogP contribution in [0.15, 0.2) is 79.3 Å². The number of amides is 1. The van der Waals surface area contributed by atoms with Crippen LogP contribution in [0.25, 0.3) is 10.8 Å².